The molecule has 0 radical (unpaired) electrons. The molecule has 0 unspecified atom stereocenters. The lowest BCUT2D eigenvalue weighted by molar-refractivity contribution is 0.0526. The molecule has 0 saturated heterocycles. The normalized spacial score (nSPS) is 10.8. The molecule has 3 aromatic heterocycles. The molecule has 0 spiro atoms. The van der Waals surface area contributed by atoms with Crippen LogP contribution >= 0.6 is 11.3 Å². The fourth-order valence-corrected chi connectivity index (χ4v) is 3.32. The van der Waals surface area contributed by atoms with E-state index >= 15 is 0 Å². The van der Waals surface area contributed by atoms with Crippen LogP contribution in [0.3, 0.4) is 0 Å². The predicted molar refractivity (Wildman–Crippen MR) is 102 cm³/mol. The number of carbonyl (C=O) groups excluding carboxylic acids is 1. The number of benzene rings is 1. The van der Waals surface area contributed by atoms with Gasteiger partial charge in [-0.1, -0.05) is 6.07 Å². The van der Waals surface area contributed by atoms with Crippen molar-refractivity contribution in [1.29, 1.82) is 0 Å². The topological polar surface area (TPSA) is 68.5 Å². The first-order valence-corrected chi connectivity index (χ1v) is 9.05. The SMILES string of the molecule is CCOC(=O)c1ccc(Nc2nc(-c3cnc4ccccn34)cs2)cc1. The Hall–Kier alpha value is -3.19. The van der Waals surface area contributed by atoms with Crippen LogP contribution in [0.25, 0.3) is 17.0 Å². The van der Waals surface area contributed by atoms with E-state index < -0.39 is 0 Å². The molecular weight excluding hydrogens is 348 g/mol. The summed E-state index contributed by atoms with van der Waals surface area (Å²) in [5.41, 5.74) is 4.08. The molecule has 1 aromatic carbocycles. The lowest BCUT2D eigenvalue weighted by Crippen LogP contribution is -2.04. The van der Waals surface area contributed by atoms with E-state index in [0.717, 1.165) is 27.9 Å². The number of rotatable bonds is 5. The van der Waals surface area contributed by atoms with Crippen LogP contribution in [0.15, 0.2) is 60.2 Å². The zero-order valence-electron chi connectivity index (χ0n) is 14.0. The van der Waals surface area contributed by atoms with Crippen LogP contribution in [-0.2, 0) is 4.74 Å². The number of hydrogen-bond acceptors (Lipinski definition) is 6. The predicted octanol–water partition coefficient (Wildman–Crippen LogP) is 4.38. The number of ether oxygens (including phenoxy) is 1. The third-order valence-electron chi connectivity index (χ3n) is 3.83. The highest BCUT2D eigenvalue weighted by molar-refractivity contribution is 7.14. The van der Waals surface area contributed by atoms with Crippen LogP contribution in [0.4, 0.5) is 10.8 Å². The highest BCUT2D eigenvalue weighted by Crippen LogP contribution is 2.27. The van der Waals surface area contributed by atoms with Gasteiger partial charge in [-0.2, -0.15) is 0 Å². The molecule has 7 heteroatoms. The van der Waals surface area contributed by atoms with Gasteiger partial charge in [0.1, 0.15) is 11.3 Å². The molecular formula is C19H16N4O2S. The van der Waals surface area contributed by atoms with E-state index in [9.17, 15) is 4.79 Å². The molecule has 0 bridgehead atoms. The Morgan fingerprint density at radius 2 is 2.08 bits per heavy atom. The number of nitrogens with one attached hydrogen (secondary N) is 1. The van der Waals surface area contributed by atoms with Crippen molar-refractivity contribution in [3.8, 4) is 11.4 Å². The molecule has 26 heavy (non-hydrogen) atoms. The maximum Gasteiger partial charge on any atom is 0.338 e. The number of esters is 1. The van der Waals surface area contributed by atoms with Gasteiger partial charge >= 0.3 is 5.97 Å². The van der Waals surface area contributed by atoms with Gasteiger partial charge in [0.05, 0.1) is 24.1 Å². The van der Waals surface area contributed by atoms with Gasteiger partial charge in [-0.3, -0.25) is 4.40 Å². The van der Waals surface area contributed by atoms with Gasteiger partial charge in [-0.15, -0.1) is 11.3 Å². The zero-order valence-corrected chi connectivity index (χ0v) is 14.9. The monoisotopic (exact) mass is 364 g/mol. The fourth-order valence-electron chi connectivity index (χ4n) is 2.60. The molecule has 0 saturated carbocycles. The van der Waals surface area contributed by atoms with Gasteiger partial charge in [0.15, 0.2) is 5.13 Å². The molecule has 0 amide bonds. The summed E-state index contributed by atoms with van der Waals surface area (Å²) in [6.45, 7) is 2.15. The number of pyridine rings is 1. The Bertz CT molecular complexity index is 1050. The number of thiazole rings is 1. The number of carbonyl (C=O) groups is 1. The lowest BCUT2D eigenvalue weighted by Gasteiger charge is -2.04. The standard InChI is InChI=1S/C19H16N4O2S/c1-2-25-18(24)13-6-8-14(9-7-13)21-19-22-15(12-26-19)16-11-20-17-5-3-4-10-23(16)17/h3-12H,2H2,1H3,(H,21,22). The molecule has 1 N–H and O–H groups in total. The Morgan fingerprint density at radius 1 is 1.23 bits per heavy atom. The van der Waals surface area contributed by atoms with Crippen LogP contribution in [0, 0.1) is 0 Å². The second-order valence-corrected chi connectivity index (χ2v) is 6.39. The second kappa shape index (κ2) is 6.97. The second-order valence-electron chi connectivity index (χ2n) is 5.53. The van der Waals surface area contributed by atoms with Gasteiger partial charge < -0.3 is 10.1 Å². The highest BCUT2D eigenvalue weighted by atomic mass is 32.1. The molecule has 0 aliphatic rings. The van der Waals surface area contributed by atoms with E-state index in [1.54, 1.807) is 19.1 Å². The first-order valence-electron chi connectivity index (χ1n) is 8.17. The first kappa shape index (κ1) is 16.3. The smallest absolute Gasteiger partial charge is 0.338 e. The molecule has 4 rings (SSSR count). The summed E-state index contributed by atoms with van der Waals surface area (Å²) in [4.78, 5) is 20.7. The molecule has 130 valence electrons. The minimum Gasteiger partial charge on any atom is -0.462 e. The summed E-state index contributed by atoms with van der Waals surface area (Å²) in [6, 6.07) is 13.0. The zero-order chi connectivity index (χ0) is 17.9. The van der Waals surface area contributed by atoms with E-state index in [1.807, 2.05) is 52.5 Å². The first-order chi connectivity index (χ1) is 12.7. The number of anilines is 2. The Balaban J connectivity index is 1.53. The summed E-state index contributed by atoms with van der Waals surface area (Å²) < 4.78 is 6.99. The molecule has 0 atom stereocenters. The average Bonchev–Trinajstić information content (AvgIpc) is 3.29. The van der Waals surface area contributed by atoms with Crippen molar-refractivity contribution in [2.75, 3.05) is 11.9 Å². The quantitative estimate of drug-likeness (QED) is 0.532. The summed E-state index contributed by atoms with van der Waals surface area (Å²) >= 11 is 1.51. The largest absolute Gasteiger partial charge is 0.462 e. The van der Waals surface area contributed by atoms with Gasteiger partial charge in [0.2, 0.25) is 0 Å². The molecule has 3 heterocycles. The van der Waals surface area contributed by atoms with Crippen molar-refractivity contribution < 1.29 is 9.53 Å². The summed E-state index contributed by atoms with van der Waals surface area (Å²) in [6.07, 6.45) is 3.79. The lowest BCUT2D eigenvalue weighted by atomic mass is 10.2. The van der Waals surface area contributed by atoms with E-state index in [2.05, 4.69) is 15.3 Å². The van der Waals surface area contributed by atoms with Gasteiger partial charge in [-0.05, 0) is 43.3 Å². The van der Waals surface area contributed by atoms with Crippen LogP contribution in [0.5, 0.6) is 0 Å². The number of nitrogens with zero attached hydrogens (tertiary/aromatic N) is 3. The molecule has 0 aliphatic heterocycles. The summed E-state index contributed by atoms with van der Waals surface area (Å²) in [5, 5.41) is 6.02. The molecule has 0 aliphatic carbocycles. The minimum absolute atomic E-state index is 0.316. The Kier molecular flexibility index (Phi) is 4.37. The number of imidazole rings is 1. The molecule has 6 nitrogen and oxygen atoms in total. The van der Waals surface area contributed by atoms with Gasteiger partial charge in [-0.25, -0.2) is 14.8 Å². The Labute approximate surface area is 154 Å². The summed E-state index contributed by atoms with van der Waals surface area (Å²) in [5.74, 6) is -0.316. The molecule has 4 aromatic rings. The van der Waals surface area contributed by atoms with Crippen molar-refractivity contribution in [1.82, 2.24) is 14.4 Å². The third kappa shape index (κ3) is 3.16. The number of hydrogen-bond donors (Lipinski definition) is 1. The fraction of sp³-hybridized carbons (Fsp3) is 0.105. The highest BCUT2D eigenvalue weighted by Gasteiger charge is 2.10. The van der Waals surface area contributed by atoms with Crippen molar-refractivity contribution in [3.63, 3.8) is 0 Å². The van der Waals surface area contributed by atoms with E-state index in [0.29, 0.717) is 12.2 Å². The van der Waals surface area contributed by atoms with Crippen molar-refractivity contribution >= 4 is 33.8 Å². The maximum absolute atomic E-state index is 11.7. The maximum atomic E-state index is 11.7. The van der Waals surface area contributed by atoms with Gasteiger partial charge in [0.25, 0.3) is 0 Å². The van der Waals surface area contributed by atoms with Crippen molar-refractivity contribution in [3.05, 3.63) is 65.8 Å². The van der Waals surface area contributed by atoms with Crippen molar-refractivity contribution in [2.24, 2.45) is 0 Å². The number of aromatic nitrogens is 3. The van der Waals surface area contributed by atoms with E-state index in [4.69, 9.17) is 4.74 Å². The van der Waals surface area contributed by atoms with Crippen LogP contribution < -0.4 is 5.32 Å². The summed E-state index contributed by atoms with van der Waals surface area (Å²) in [7, 11) is 0. The molecule has 0 fully saturated rings. The average molecular weight is 364 g/mol. The third-order valence-corrected chi connectivity index (χ3v) is 4.59. The van der Waals surface area contributed by atoms with E-state index in [-0.39, 0.29) is 5.97 Å². The van der Waals surface area contributed by atoms with Crippen LogP contribution in [0.1, 0.15) is 17.3 Å². The minimum atomic E-state index is -0.316. The van der Waals surface area contributed by atoms with E-state index in [1.165, 1.54) is 11.3 Å². The van der Waals surface area contributed by atoms with Gasteiger partial charge in [0, 0.05) is 17.3 Å². The van der Waals surface area contributed by atoms with Crippen molar-refractivity contribution in [2.45, 2.75) is 6.92 Å². The van der Waals surface area contributed by atoms with Crippen LogP contribution in [0.2, 0.25) is 0 Å². The Morgan fingerprint density at radius 3 is 2.88 bits per heavy atom. The number of fused-ring (bicyclic) bond motifs is 1. The van der Waals surface area contributed by atoms with Crippen LogP contribution in [-0.4, -0.2) is 26.9 Å².